The molecule has 0 unspecified atom stereocenters. The van der Waals surface area contributed by atoms with Crippen LogP contribution in [0, 0.1) is 17.2 Å². The molecule has 3 fully saturated rings. The smallest absolute Gasteiger partial charge is 0.237 e. The molecule has 1 saturated carbocycles. The molecule has 0 aromatic rings. The third kappa shape index (κ3) is 3.84. The van der Waals surface area contributed by atoms with Gasteiger partial charge in [0.1, 0.15) is 5.54 Å². The zero-order valence-corrected chi connectivity index (χ0v) is 15.3. The van der Waals surface area contributed by atoms with Gasteiger partial charge in [-0.15, -0.1) is 0 Å². The fourth-order valence-corrected chi connectivity index (χ4v) is 4.83. The molecule has 3 rings (SSSR count). The van der Waals surface area contributed by atoms with Crippen molar-refractivity contribution in [3.05, 3.63) is 0 Å². The molecule has 0 bridgehead atoms. The molecule has 25 heavy (non-hydrogen) atoms. The van der Waals surface area contributed by atoms with Crippen molar-refractivity contribution in [1.82, 2.24) is 9.80 Å². The van der Waals surface area contributed by atoms with Gasteiger partial charge in [0.2, 0.25) is 5.91 Å². The van der Waals surface area contributed by atoms with Crippen LogP contribution in [0.25, 0.3) is 0 Å². The Morgan fingerprint density at radius 1 is 1.32 bits per heavy atom. The van der Waals surface area contributed by atoms with Crippen molar-refractivity contribution in [3.8, 4) is 6.07 Å². The molecular weight excluding hydrogens is 318 g/mol. The Labute approximate surface area is 150 Å². The van der Waals surface area contributed by atoms with Crippen LogP contribution in [-0.2, 0) is 9.53 Å². The Balaban J connectivity index is 1.64. The minimum atomic E-state index is -0.627. The Morgan fingerprint density at radius 2 is 2.08 bits per heavy atom. The van der Waals surface area contributed by atoms with Crippen LogP contribution in [0.15, 0.2) is 0 Å². The van der Waals surface area contributed by atoms with Crippen LogP contribution in [0.1, 0.15) is 51.4 Å². The highest BCUT2D eigenvalue weighted by Crippen LogP contribution is 2.34. The van der Waals surface area contributed by atoms with Gasteiger partial charge >= 0.3 is 0 Å². The van der Waals surface area contributed by atoms with E-state index in [2.05, 4.69) is 11.0 Å². The first-order chi connectivity index (χ1) is 12.1. The number of aliphatic hydroxyl groups is 1. The number of nitrogens with zero attached hydrogens (tertiary/aromatic N) is 3. The molecule has 2 heterocycles. The third-order valence-electron chi connectivity index (χ3n) is 6.51. The summed E-state index contributed by atoms with van der Waals surface area (Å²) in [6, 6.07) is 2.64. The highest BCUT2D eigenvalue weighted by Gasteiger charge is 2.42. The van der Waals surface area contributed by atoms with Gasteiger partial charge in [-0.25, -0.2) is 0 Å². The monoisotopic (exact) mass is 349 g/mol. The molecule has 2 saturated heterocycles. The van der Waals surface area contributed by atoms with Gasteiger partial charge in [-0.1, -0.05) is 19.3 Å². The molecule has 6 heteroatoms. The number of ether oxygens (including phenoxy) is 1. The van der Waals surface area contributed by atoms with E-state index in [-0.39, 0.29) is 24.0 Å². The molecule has 140 valence electrons. The fourth-order valence-electron chi connectivity index (χ4n) is 4.83. The van der Waals surface area contributed by atoms with Gasteiger partial charge in [-0.05, 0) is 38.6 Å². The fraction of sp³-hybridized carbons (Fsp3) is 0.895. The van der Waals surface area contributed by atoms with Crippen LogP contribution >= 0.6 is 0 Å². The molecule has 0 spiro atoms. The summed E-state index contributed by atoms with van der Waals surface area (Å²) < 4.78 is 5.57. The van der Waals surface area contributed by atoms with Crippen LogP contribution in [0.2, 0.25) is 0 Å². The first-order valence-corrected chi connectivity index (χ1v) is 9.75. The van der Waals surface area contributed by atoms with Crippen molar-refractivity contribution in [2.45, 2.75) is 69.1 Å². The van der Waals surface area contributed by atoms with E-state index < -0.39 is 5.54 Å². The number of hydrogen-bond donors (Lipinski definition) is 1. The zero-order valence-electron chi connectivity index (χ0n) is 15.3. The second-order valence-corrected chi connectivity index (χ2v) is 7.93. The van der Waals surface area contributed by atoms with Gasteiger partial charge in [0.05, 0.1) is 25.3 Å². The Hall–Kier alpha value is -1.16. The van der Waals surface area contributed by atoms with Crippen molar-refractivity contribution >= 4 is 5.91 Å². The van der Waals surface area contributed by atoms with Crippen LogP contribution in [0.3, 0.4) is 0 Å². The van der Waals surface area contributed by atoms with Crippen LogP contribution in [0.4, 0.5) is 0 Å². The second-order valence-electron chi connectivity index (χ2n) is 7.93. The lowest BCUT2D eigenvalue weighted by Crippen LogP contribution is -2.54. The molecule has 6 nitrogen and oxygen atoms in total. The van der Waals surface area contributed by atoms with Crippen molar-refractivity contribution in [2.75, 3.05) is 33.4 Å². The summed E-state index contributed by atoms with van der Waals surface area (Å²) in [6.45, 7) is 2.42. The zero-order chi connectivity index (χ0) is 17.9. The summed E-state index contributed by atoms with van der Waals surface area (Å²) in [5.41, 5.74) is -0.627. The van der Waals surface area contributed by atoms with E-state index in [0.717, 1.165) is 51.5 Å². The van der Waals surface area contributed by atoms with Gasteiger partial charge in [-0.3, -0.25) is 9.69 Å². The molecular formula is C19H31N3O3. The first-order valence-electron chi connectivity index (χ1n) is 9.75. The van der Waals surface area contributed by atoms with E-state index in [0.29, 0.717) is 26.2 Å². The van der Waals surface area contributed by atoms with Crippen LogP contribution < -0.4 is 0 Å². The Kier molecular flexibility index (Phi) is 5.98. The molecule has 1 amide bonds. The highest BCUT2D eigenvalue weighted by molar-refractivity contribution is 5.79. The molecule has 1 N–H and O–H groups in total. The summed E-state index contributed by atoms with van der Waals surface area (Å²) in [7, 11) is 1.79. The summed E-state index contributed by atoms with van der Waals surface area (Å²) in [4.78, 5) is 16.8. The second kappa shape index (κ2) is 8.03. The summed E-state index contributed by atoms with van der Waals surface area (Å²) in [6.07, 6.45) is 7.15. The highest BCUT2D eigenvalue weighted by atomic mass is 16.5. The average molecular weight is 349 g/mol. The predicted octanol–water partition coefficient (Wildman–Crippen LogP) is 1.53. The maximum Gasteiger partial charge on any atom is 0.237 e. The number of carbonyl (C=O) groups is 1. The van der Waals surface area contributed by atoms with Gasteiger partial charge in [0, 0.05) is 25.6 Å². The number of likely N-dealkylation sites (tertiary alicyclic amines) is 1. The molecule has 1 aliphatic carbocycles. The summed E-state index contributed by atoms with van der Waals surface area (Å²) >= 11 is 0. The first kappa shape index (κ1) is 18.6. The normalized spacial score (nSPS) is 32.9. The summed E-state index contributed by atoms with van der Waals surface area (Å²) in [5.74, 6) is 0.121. The summed E-state index contributed by atoms with van der Waals surface area (Å²) in [5, 5.41) is 20.0. The van der Waals surface area contributed by atoms with Crippen LogP contribution in [0.5, 0.6) is 0 Å². The molecule has 0 aromatic carbocycles. The Bertz CT molecular complexity index is 513. The number of nitriles is 1. The van der Waals surface area contributed by atoms with Gasteiger partial charge in [0.15, 0.2) is 0 Å². The van der Waals surface area contributed by atoms with Crippen LogP contribution in [-0.4, -0.2) is 71.8 Å². The van der Waals surface area contributed by atoms with Gasteiger partial charge in [-0.2, -0.15) is 5.26 Å². The van der Waals surface area contributed by atoms with Crippen molar-refractivity contribution in [2.24, 2.45) is 5.92 Å². The maximum atomic E-state index is 12.9. The quantitative estimate of drug-likeness (QED) is 0.833. The standard InChI is InChI=1S/C19H31N3O3/c1-21(19(14-20)8-3-2-4-9-19)18(24)12-22-10-5-6-16(22)15-13-25-11-7-17(15)23/h15-17,23H,2-13H2,1H3/t15-,16+,17-/m0/s1. The third-order valence-corrected chi connectivity index (χ3v) is 6.51. The van der Waals surface area contributed by atoms with E-state index in [9.17, 15) is 15.2 Å². The maximum absolute atomic E-state index is 12.9. The number of amides is 1. The van der Waals surface area contributed by atoms with E-state index in [4.69, 9.17) is 4.74 Å². The lowest BCUT2D eigenvalue weighted by molar-refractivity contribution is -0.137. The van der Waals surface area contributed by atoms with Gasteiger partial charge < -0.3 is 14.7 Å². The number of rotatable bonds is 4. The molecule has 0 aromatic heterocycles. The largest absolute Gasteiger partial charge is 0.393 e. The topological polar surface area (TPSA) is 76.8 Å². The van der Waals surface area contributed by atoms with Gasteiger partial charge in [0.25, 0.3) is 0 Å². The lowest BCUT2D eigenvalue weighted by Gasteiger charge is -2.41. The van der Waals surface area contributed by atoms with Crippen molar-refractivity contribution in [1.29, 1.82) is 5.26 Å². The number of hydrogen-bond acceptors (Lipinski definition) is 5. The molecule has 3 atom stereocenters. The molecule has 3 aliphatic rings. The molecule has 2 aliphatic heterocycles. The molecule has 0 radical (unpaired) electrons. The van der Waals surface area contributed by atoms with Crippen molar-refractivity contribution in [3.63, 3.8) is 0 Å². The SMILES string of the molecule is CN(C(=O)CN1CCC[C@@H]1[C@@H]1COCC[C@@H]1O)C1(C#N)CCCCC1. The Morgan fingerprint density at radius 3 is 2.76 bits per heavy atom. The number of aliphatic hydroxyl groups excluding tert-OH is 1. The van der Waals surface area contributed by atoms with E-state index >= 15 is 0 Å². The van der Waals surface area contributed by atoms with E-state index in [1.54, 1.807) is 11.9 Å². The number of carbonyl (C=O) groups excluding carboxylic acids is 1. The minimum absolute atomic E-state index is 0.0292. The lowest BCUT2D eigenvalue weighted by atomic mass is 9.81. The average Bonchev–Trinajstić information content (AvgIpc) is 3.09. The predicted molar refractivity (Wildman–Crippen MR) is 93.7 cm³/mol. The number of likely N-dealkylation sites (N-methyl/N-ethyl adjacent to an activating group) is 1. The van der Waals surface area contributed by atoms with E-state index in [1.165, 1.54) is 0 Å². The van der Waals surface area contributed by atoms with Crippen molar-refractivity contribution < 1.29 is 14.6 Å². The minimum Gasteiger partial charge on any atom is -0.393 e. The van der Waals surface area contributed by atoms with E-state index in [1.807, 2.05) is 0 Å².